The predicted octanol–water partition coefficient (Wildman–Crippen LogP) is 4.89. The summed E-state index contributed by atoms with van der Waals surface area (Å²) in [5.41, 5.74) is 1.73. The Morgan fingerprint density at radius 2 is 0.554 bits per heavy atom. The van der Waals surface area contributed by atoms with E-state index in [9.17, 15) is 19.2 Å². The van der Waals surface area contributed by atoms with Gasteiger partial charge in [-0.3, -0.25) is 0 Å². The van der Waals surface area contributed by atoms with Gasteiger partial charge in [-0.2, -0.15) is 0 Å². The third-order valence-corrected chi connectivity index (χ3v) is 15.8. The Labute approximate surface area is 340 Å². The van der Waals surface area contributed by atoms with E-state index in [1.165, 1.54) is 24.8 Å². The van der Waals surface area contributed by atoms with Crippen molar-refractivity contribution in [1.29, 1.82) is 0 Å². The first-order valence-electron chi connectivity index (χ1n) is 16.7. The second-order valence-corrected chi connectivity index (χ2v) is 19.2. The molecular formula is C42H36N4O8Sb2. The molecule has 4 N–H and O–H groups in total. The third kappa shape index (κ3) is 11.4. The van der Waals surface area contributed by atoms with Crippen LogP contribution in [-0.4, -0.2) is 65.7 Å². The van der Waals surface area contributed by atoms with Gasteiger partial charge in [0.25, 0.3) is 0 Å². The summed E-state index contributed by atoms with van der Waals surface area (Å²) < 4.78 is 27.6. The molecule has 0 bridgehead atoms. The summed E-state index contributed by atoms with van der Waals surface area (Å²) in [6.07, 6.45) is 5.26. The Kier molecular flexibility index (Phi) is 15.0. The molecule has 5 aromatic carbocycles. The molecule has 0 aliphatic heterocycles. The van der Waals surface area contributed by atoms with E-state index < -0.39 is 42.1 Å². The van der Waals surface area contributed by atoms with Gasteiger partial charge in [0.15, 0.2) is 0 Å². The molecule has 14 heteroatoms. The number of hydrogen-bond acceptors (Lipinski definition) is 8. The van der Waals surface area contributed by atoms with Gasteiger partial charge in [-0.1, -0.05) is 0 Å². The van der Waals surface area contributed by atoms with E-state index in [0.29, 0.717) is 45.3 Å². The molecule has 12 nitrogen and oxygen atoms in total. The zero-order valence-electron chi connectivity index (χ0n) is 29.8. The van der Waals surface area contributed by atoms with Crippen molar-refractivity contribution in [2.75, 3.05) is 0 Å². The van der Waals surface area contributed by atoms with Gasteiger partial charge in [-0.15, -0.1) is 0 Å². The molecule has 0 aliphatic rings. The number of amides is 4. The second kappa shape index (κ2) is 20.5. The van der Waals surface area contributed by atoms with Crippen LogP contribution in [0.15, 0.2) is 172 Å². The standard InChI is InChI=1S/4C9H9NO2.C6H4.2Sb/c4*1-2-10-9(12)7-3-5-8(11)6-4-7;1-2-4-6-5-3-1;;/h4*2-6,11H,1H2,(H,10,12);1-2,5-6H;;/q;;;;;2*+2/p-4. The van der Waals surface area contributed by atoms with Gasteiger partial charge in [0.05, 0.1) is 0 Å². The summed E-state index contributed by atoms with van der Waals surface area (Å²) in [4.78, 5) is 49.1. The van der Waals surface area contributed by atoms with E-state index >= 15 is 0 Å². The number of carbonyl (C=O) groups excluding carboxylic acids is 4. The summed E-state index contributed by atoms with van der Waals surface area (Å²) in [5.74, 6) is 0.819. The van der Waals surface area contributed by atoms with Gasteiger partial charge >= 0.3 is 343 Å². The van der Waals surface area contributed by atoms with Gasteiger partial charge in [-0.05, 0) is 0 Å². The van der Waals surface area contributed by atoms with Crippen LogP contribution in [0.5, 0.6) is 23.0 Å². The van der Waals surface area contributed by atoms with Crippen LogP contribution in [0, 0.1) is 0 Å². The van der Waals surface area contributed by atoms with E-state index in [4.69, 9.17) is 12.1 Å². The summed E-state index contributed by atoms with van der Waals surface area (Å²) in [5, 5.41) is 10.2. The molecule has 0 aromatic heterocycles. The van der Waals surface area contributed by atoms with E-state index in [1.807, 2.05) is 24.3 Å². The molecule has 0 atom stereocenters. The van der Waals surface area contributed by atoms with E-state index in [1.54, 1.807) is 97.1 Å². The first kappa shape index (κ1) is 41.0. The van der Waals surface area contributed by atoms with Crippen molar-refractivity contribution in [3.63, 3.8) is 0 Å². The molecular weight excluding hydrogens is 932 g/mol. The summed E-state index contributed by atoms with van der Waals surface area (Å²) in [6.45, 7) is 14.1. The molecule has 0 fully saturated rings. The summed E-state index contributed by atoms with van der Waals surface area (Å²) in [7, 11) is 0. The van der Waals surface area contributed by atoms with Crippen molar-refractivity contribution < 1.29 is 31.2 Å². The first-order chi connectivity index (χ1) is 27.2. The molecule has 0 unspecified atom stereocenters. The van der Waals surface area contributed by atoms with Crippen molar-refractivity contribution in [3.8, 4) is 23.0 Å². The van der Waals surface area contributed by atoms with Crippen LogP contribution in [-0.2, 0) is 0 Å². The van der Waals surface area contributed by atoms with Crippen LogP contribution < -0.4 is 40.3 Å². The molecule has 0 radical (unpaired) electrons. The monoisotopic (exact) mass is 966 g/mol. The topological polar surface area (TPSA) is 153 Å². The van der Waals surface area contributed by atoms with Gasteiger partial charge in [0.1, 0.15) is 0 Å². The van der Waals surface area contributed by atoms with Crippen molar-refractivity contribution in [2.45, 2.75) is 0 Å². The average Bonchev–Trinajstić information content (AvgIpc) is 3.22. The molecule has 0 saturated carbocycles. The molecule has 282 valence electrons. The van der Waals surface area contributed by atoms with Crippen LogP contribution in [0.25, 0.3) is 0 Å². The zero-order chi connectivity index (χ0) is 39.9. The van der Waals surface area contributed by atoms with Gasteiger partial charge in [-0.25, -0.2) is 0 Å². The van der Waals surface area contributed by atoms with Gasteiger partial charge in [0, 0.05) is 0 Å². The van der Waals surface area contributed by atoms with Crippen LogP contribution >= 0.6 is 0 Å². The number of rotatable bonds is 18. The van der Waals surface area contributed by atoms with Crippen LogP contribution in [0.1, 0.15) is 41.4 Å². The maximum atomic E-state index is 12.3. The number of carbonyl (C=O) groups is 4. The SMILES string of the molecule is C=CNC(=O)c1ccc([O][Sb]([O]c2ccc(C(=O)NC=C)cc2)[c]2cc[c]([Sb]([O]c3ccc(C(=O)NC=C)cc3)[O]c3ccc(C(=O)NC=C)cc3)cc2)cc1. The number of benzene rings is 5. The normalized spacial score (nSPS) is 10.3. The summed E-state index contributed by atoms with van der Waals surface area (Å²) in [6, 6.07) is 34.4. The molecule has 5 rings (SSSR count). The molecule has 56 heavy (non-hydrogen) atoms. The van der Waals surface area contributed by atoms with E-state index in [-0.39, 0.29) is 23.6 Å². The Morgan fingerprint density at radius 3 is 0.732 bits per heavy atom. The van der Waals surface area contributed by atoms with Crippen molar-refractivity contribution in [1.82, 2.24) is 21.3 Å². The average molecular weight is 968 g/mol. The fourth-order valence-electron chi connectivity index (χ4n) is 4.70. The minimum absolute atomic E-state index is 0.301. The van der Waals surface area contributed by atoms with E-state index in [0.717, 1.165) is 7.02 Å². The fourth-order valence-corrected chi connectivity index (χ4v) is 11.9. The number of nitrogens with one attached hydrogen (secondary N) is 4. The maximum absolute atomic E-state index is 12.3. The predicted molar refractivity (Wildman–Crippen MR) is 216 cm³/mol. The fraction of sp³-hybridized carbons (Fsp3) is 0. The van der Waals surface area contributed by atoms with Gasteiger partial charge < -0.3 is 0 Å². The minimum atomic E-state index is -3.34. The summed E-state index contributed by atoms with van der Waals surface area (Å²) >= 11 is -6.69. The van der Waals surface area contributed by atoms with Crippen molar-refractivity contribution >= 4 is 72.7 Å². The van der Waals surface area contributed by atoms with E-state index in [2.05, 4.69) is 47.6 Å². The molecule has 5 aromatic rings. The number of hydrogen-bond donors (Lipinski definition) is 4. The second-order valence-electron chi connectivity index (χ2n) is 11.2. The zero-order valence-corrected chi connectivity index (χ0v) is 35.0. The quantitative estimate of drug-likeness (QED) is 0.0908. The van der Waals surface area contributed by atoms with Crippen molar-refractivity contribution in [3.05, 3.63) is 195 Å². The first-order valence-corrected chi connectivity index (χ1v) is 23.4. The molecule has 0 heterocycles. The molecule has 0 spiro atoms. The van der Waals surface area contributed by atoms with Crippen LogP contribution in [0.2, 0.25) is 0 Å². The Bertz CT molecular complexity index is 1900. The molecule has 0 saturated heterocycles. The van der Waals surface area contributed by atoms with Crippen LogP contribution in [0.4, 0.5) is 0 Å². The van der Waals surface area contributed by atoms with Crippen molar-refractivity contribution in [2.24, 2.45) is 0 Å². The van der Waals surface area contributed by atoms with Gasteiger partial charge in [0.2, 0.25) is 0 Å². The Hall–Kier alpha value is -6.22. The molecule has 0 aliphatic carbocycles. The third-order valence-electron chi connectivity index (χ3n) is 7.42. The Balaban J connectivity index is 1.44. The Morgan fingerprint density at radius 1 is 0.357 bits per heavy atom. The molecule has 4 amide bonds. The van der Waals surface area contributed by atoms with Crippen LogP contribution in [0.3, 0.4) is 0 Å².